The number of fused-ring (bicyclic) bond motifs is 1. The number of nitrogens with zero attached hydrogens (tertiary/aromatic N) is 2. The van der Waals surface area contributed by atoms with Crippen LogP contribution in [-0.4, -0.2) is 23.1 Å². The molecule has 4 rings (SSSR count). The number of halogens is 1. The van der Waals surface area contributed by atoms with Gasteiger partial charge in [-0.2, -0.15) is 0 Å². The number of aromatic nitrogens is 1. The van der Waals surface area contributed by atoms with E-state index in [2.05, 4.69) is 20.9 Å². The Balaban J connectivity index is 1.91. The highest BCUT2D eigenvalue weighted by molar-refractivity contribution is 9.10. The van der Waals surface area contributed by atoms with E-state index in [4.69, 9.17) is 9.47 Å². The largest absolute Gasteiger partial charge is 0.463 e. The summed E-state index contributed by atoms with van der Waals surface area (Å²) in [6.45, 7) is 4.98. The minimum absolute atomic E-state index is 0.195. The van der Waals surface area contributed by atoms with E-state index in [0.29, 0.717) is 31.9 Å². The standard InChI is InChI=1S/C25H21BrN2O5S/c1-4-32-24(31)21-14(2)27-25-28(22(21)17-8-10-19(11-9-17)33-15(3)29)23(30)20(34-25)13-16-6-5-7-18(26)12-16/h5-13,22H,4H2,1-3H3/b20-13-/t22-/m1/s1. The van der Waals surface area contributed by atoms with E-state index < -0.39 is 18.0 Å². The van der Waals surface area contributed by atoms with E-state index in [1.807, 2.05) is 24.3 Å². The molecular formula is C25H21BrN2O5S. The molecule has 1 aliphatic heterocycles. The van der Waals surface area contributed by atoms with Gasteiger partial charge in [0.15, 0.2) is 4.80 Å². The summed E-state index contributed by atoms with van der Waals surface area (Å²) in [5, 5.41) is 0. The lowest BCUT2D eigenvalue weighted by atomic mass is 9.96. The zero-order valence-corrected chi connectivity index (χ0v) is 21.1. The highest BCUT2D eigenvalue weighted by atomic mass is 79.9. The summed E-state index contributed by atoms with van der Waals surface area (Å²) in [4.78, 5) is 42.8. The monoisotopic (exact) mass is 540 g/mol. The molecule has 0 aliphatic carbocycles. The van der Waals surface area contributed by atoms with Gasteiger partial charge in [-0.05, 0) is 55.3 Å². The maximum Gasteiger partial charge on any atom is 0.338 e. The Kier molecular flexibility index (Phi) is 6.95. The molecule has 34 heavy (non-hydrogen) atoms. The first-order chi connectivity index (χ1) is 16.3. The molecule has 3 aromatic rings. The van der Waals surface area contributed by atoms with Gasteiger partial charge in [0.1, 0.15) is 5.75 Å². The Morgan fingerprint density at radius 3 is 2.59 bits per heavy atom. The topological polar surface area (TPSA) is 87.0 Å². The smallest absolute Gasteiger partial charge is 0.338 e. The minimum Gasteiger partial charge on any atom is -0.463 e. The van der Waals surface area contributed by atoms with Crippen molar-refractivity contribution >= 4 is 45.3 Å². The molecule has 9 heteroatoms. The highest BCUT2D eigenvalue weighted by Gasteiger charge is 2.33. The molecule has 2 heterocycles. The first-order valence-corrected chi connectivity index (χ1v) is 12.1. The molecule has 1 aromatic heterocycles. The van der Waals surface area contributed by atoms with Crippen LogP contribution in [0.2, 0.25) is 0 Å². The van der Waals surface area contributed by atoms with Crippen LogP contribution < -0.4 is 19.6 Å². The lowest BCUT2D eigenvalue weighted by Crippen LogP contribution is -2.39. The van der Waals surface area contributed by atoms with E-state index in [1.54, 1.807) is 44.2 Å². The predicted octanol–water partition coefficient (Wildman–Crippen LogP) is 3.49. The van der Waals surface area contributed by atoms with Crippen molar-refractivity contribution in [2.75, 3.05) is 6.61 Å². The van der Waals surface area contributed by atoms with Crippen molar-refractivity contribution in [1.82, 2.24) is 4.57 Å². The van der Waals surface area contributed by atoms with E-state index in [1.165, 1.54) is 22.8 Å². The Hall–Kier alpha value is -3.30. The fourth-order valence-electron chi connectivity index (χ4n) is 3.74. The van der Waals surface area contributed by atoms with Crippen LogP contribution in [0.3, 0.4) is 0 Å². The molecule has 1 atom stereocenters. The third-order valence-electron chi connectivity index (χ3n) is 5.12. The van der Waals surface area contributed by atoms with Gasteiger partial charge in [0.25, 0.3) is 5.56 Å². The van der Waals surface area contributed by atoms with Gasteiger partial charge in [0, 0.05) is 11.4 Å². The second kappa shape index (κ2) is 9.90. The summed E-state index contributed by atoms with van der Waals surface area (Å²) in [5.74, 6) is -0.591. The lowest BCUT2D eigenvalue weighted by molar-refractivity contribution is -0.139. The van der Waals surface area contributed by atoms with Crippen molar-refractivity contribution in [2.45, 2.75) is 26.8 Å². The maximum absolute atomic E-state index is 13.6. The number of thiazole rings is 1. The summed E-state index contributed by atoms with van der Waals surface area (Å²) in [6, 6.07) is 13.6. The summed E-state index contributed by atoms with van der Waals surface area (Å²) in [5.41, 5.74) is 2.06. The van der Waals surface area contributed by atoms with Crippen molar-refractivity contribution in [1.29, 1.82) is 0 Å². The summed E-state index contributed by atoms with van der Waals surface area (Å²) < 4.78 is 13.3. The number of allylic oxidation sites excluding steroid dienone is 1. The average Bonchev–Trinajstić information content (AvgIpc) is 3.07. The molecule has 0 unspecified atom stereocenters. The first-order valence-electron chi connectivity index (χ1n) is 10.5. The number of hydrogen-bond donors (Lipinski definition) is 0. The van der Waals surface area contributed by atoms with E-state index in [-0.39, 0.29) is 12.2 Å². The fraction of sp³-hybridized carbons (Fsp3) is 0.200. The molecule has 0 amide bonds. The molecule has 7 nitrogen and oxygen atoms in total. The molecule has 1 aliphatic rings. The molecule has 174 valence electrons. The summed E-state index contributed by atoms with van der Waals surface area (Å²) in [7, 11) is 0. The molecule has 0 fully saturated rings. The lowest BCUT2D eigenvalue weighted by Gasteiger charge is -2.24. The molecule has 0 N–H and O–H groups in total. The Bertz CT molecular complexity index is 1480. The number of esters is 2. The second-order valence-electron chi connectivity index (χ2n) is 7.52. The van der Waals surface area contributed by atoms with E-state index in [9.17, 15) is 14.4 Å². The van der Waals surface area contributed by atoms with Crippen molar-refractivity contribution in [3.63, 3.8) is 0 Å². The van der Waals surface area contributed by atoms with Crippen LogP contribution in [0.15, 0.2) is 74.1 Å². The number of hydrogen-bond acceptors (Lipinski definition) is 7. The normalized spacial score (nSPS) is 15.5. The fourth-order valence-corrected chi connectivity index (χ4v) is 5.20. The van der Waals surface area contributed by atoms with Gasteiger partial charge >= 0.3 is 11.9 Å². The molecule has 0 saturated carbocycles. The van der Waals surface area contributed by atoms with Gasteiger partial charge < -0.3 is 9.47 Å². The molecule has 0 radical (unpaired) electrons. The Morgan fingerprint density at radius 2 is 1.94 bits per heavy atom. The zero-order valence-electron chi connectivity index (χ0n) is 18.7. The molecule has 2 aromatic carbocycles. The molecular weight excluding hydrogens is 520 g/mol. The zero-order chi connectivity index (χ0) is 24.4. The second-order valence-corrected chi connectivity index (χ2v) is 9.44. The highest BCUT2D eigenvalue weighted by Crippen LogP contribution is 2.31. The number of ether oxygens (including phenoxy) is 2. The van der Waals surface area contributed by atoms with E-state index in [0.717, 1.165) is 10.0 Å². The first kappa shape index (κ1) is 23.8. The average molecular weight is 541 g/mol. The van der Waals surface area contributed by atoms with Crippen LogP contribution in [-0.2, 0) is 14.3 Å². The van der Waals surface area contributed by atoms with Crippen molar-refractivity contribution in [2.24, 2.45) is 4.99 Å². The van der Waals surface area contributed by atoms with Crippen LogP contribution >= 0.6 is 27.3 Å². The van der Waals surface area contributed by atoms with Crippen LogP contribution in [0.4, 0.5) is 0 Å². The van der Waals surface area contributed by atoms with Gasteiger partial charge in [0.05, 0.1) is 28.5 Å². The van der Waals surface area contributed by atoms with E-state index >= 15 is 0 Å². The summed E-state index contributed by atoms with van der Waals surface area (Å²) >= 11 is 4.71. The predicted molar refractivity (Wildman–Crippen MR) is 132 cm³/mol. The van der Waals surface area contributed by atoms with Gasteiger partial charge in [-0.25, -0.2) is 9.79 Å². The van der Waals surface area contributed by atoms with Gasteiger partial charge in [-0.15, -0.1) is 0 Å². The Morgan fingerprint density at radius 1 is 1.21 bits per heavy atom. The maximum atomic E-state index is 13.6. The number of carbonyl (C=O) groups is 2. The van der Waals surface area contributed by atoms with Crippen molar-refractivity contribution in [3.8, 4) is 5.75 Å². The van der Waals surface area contributed by atoms with Crippen LogP contribution in [0.1, 0.15) is 37.9 Å². The minimum atomic E-state index is -0.730. The molecule has 0 bridgehead atoms. The SMILES string of the molecule is CCOC(=O)C1=C(C)N=c2s/c(=C\c3cccc(Br)c3)c(=O)n2[C@@H]1c1ccc(OC(C)=O)cc1. The van der Waals surface area contributed by atoms with Gasteiger partial charge in [0.2, 0.25) is 0 Å². The molecule has 0 spiro atoms. The van der Waals surface area contributed by atoms with Crippen LogP contribution in [0, 0.1) is 0 Å². The van der Waals surface area contributed by atoms with Gasteiger partial charge in [-0.1, -0.05) is 51.5 Å². The Labute approximate surface area is 207 Å². The number of carbonyl (C=O) groups excluding carboxylic acids is 2. The number of benzene rings is 2. The third kappa shape index (κ3) is 4.80. The summed E-state index contributed by atoms with van der Waals surface area (Å²) in [6.07, 6.45) is 1.80. The van der Waals surface area contributed by atoms with Crippen LogP contribution in [0.25, 0.3) is 6.08 Å². The van der Waals surface area contributed by atoms with Crippen molar-refractivity contribution in [3.05, 3.63) is 95.1 Å². The van der Waals surface area contributed by atoms with Crippen LogP contribution in [0.5, 0.6) is 5.75 Å². The third-order valence-corrected chi connectivity index (χ3v) is 6.60. The quantitative estimate of drug-likeness (QED) is 0.365. The molecule has 0 saturated heterocycles. The van der Waals surface area contributed by atoms with Gasteiger partial charge in [-0.3, -0.25) is 14.2 Å². The number of rotatable bonds is 5. The van der Waals surface area contributed by atoms with Crippen molar-refractivity contribution < 1.29 is 19.1 Å².